The van der Waals surface area contributed by atoms with Gasteiger partial charge in [-0.2, -0.15) is 13.2 Å². The van der Waals surface area contributed by atoms with E-state index in [1.165, 1.54) is 19.2 Å². The molecule has 3 rings (SSSR count). The van der Waals surface area contributed by atoms with Gasteiger partial charge in [-0.1, -0.05) is 0 Å². The Morgan fingerprint density at radius 3 is 2.66 bits per heavy atom. The fourth-order valence-electron chi connectivity index (χ4n) is 3.02. The number of hydrogen-bond donors (Lipinski definition) is 2. The van der Waals surface area contributed by atoms with Gasteiger partial charge < -0.3 is 20.2 Å². The second-order valence-corrected chi connectivity index (χ2v) is 6.43. The number of morpholine rings is 1. The van der Waals surface area contributed by atoms with Gasteiger partial charge in [0.05, 0.1) is 37.8 Å². The molecule has 0 bridgehead atoms. The average Bonchev–Trinajstić information content (AvgIpc) is 2.73. The number of methoxy groups -OCH3 is 1. The van der Waals surface area contributed by atoms with E-state index in [0.29, 0.717) is 31.3 Å². The number of nitrogens with one attached hydrogen (secondary N) is 2. The van der Waals surface area contributed by atoms with Crippen LogP contribution < -0.4 is 10.1 Å². The van der Waals surface area contributed by atoms with Crippen LogP contribution in [0.15, 0.2) is 24.3 Å². The molecule has 0 spiro atoms. The quantitative estimate of drug-likeness (QED) is 0.685. The van der Waals surface area contributed by atoms with Crippen molar-refractivity contribution in [2.24, 2.45) is 0 Å². The summed E-state index contributed by atoms with van der Waals surface area (Å²) >= 11 is 0. The third kappa shape index (κ3) is 5.42. The molecule has 0 saturated carbocycles. The van der Waals surface area contributed by atoms with Crippen LogP contribution in [0, 0.1) is 5.41 Å². The second kappa shape index (κ2) is 9.19. The van der Waals surface area contributed by atoms with Crippen molar-refractivity contribution in [3.05, 3.63) is 35.7 Å². The Hall–Kier alpha value is -2.72. The molecule has 1 aromatic carbocycles. The standard InChI is InChI=1S/C19H22F3N5O2/c1-28-16-3-2-13(10-14(16)19(20,21)22)15-11-17(26-18(12-23)25-15)24-4-5-27-6-8-29-9-7-27/h2-3,10-12,23H,4-9H2,1H3,(H,24,25,26). The van der Waals surface area contributed by atoms with E-state index < -0.39 is 11.7 Å². The fraction of sp³-hybridized carbons (Fsp3) is 0.421. The summed E-state index contributed by atoms with van der Waals surface area (Å²) in [5.74, 6) is 0.304. The highest BCUT2D eigenvalue weighted by atomic mass is 19.4. The van der Waals surface area contributed by atoms with Gasteiger partial charge in [0, 0.05) is 37.8 Å². The first-order valence-electron chi connectivity index (χ1n) is 9.10. The van der Waals surface area contributed by atoms with Crippen LogP contribution in [0.25, 0.3) is 11.3 Å². The molecule has 1 fully saturated rings. The van der Waals surface area contributed by atoms with Crippen molar-refractivity contribution in [2.45, 2.75) is 6.18 Å². The van der Waals surface area contributed by atoms with Crippen molar-refractivity contribution in [3.8, 4) is 17.0 Å². The van der Waals surface area contributed by atoms with E-state index in [2.05, 4.69) is 20.2 Å². The van der Waals surface area contributed by atoms with Gasteiger partial charge in [-0.25, -0.2) is 9.97 Å². The molecule has 2 heterocycles. The zero-order chi connectivity index (χ0) is 20.9. The third-order valence-electron chi connectivity index (χ3n) is 4.51. The largest absolute Gasteiger partial charge is 0.496 e. The summed E-state index contributed by atoms with van der Waals surface area (Å²) in [6.07, 6.45) is -3.59. The summed E-state index contributed by atoms with van der Waals surface area (Å²) in [4.78, 5) is 10.6. The van der Waals surface area contributed by atoms with Crippen LogP contribution in [0.3, 0.4) is 0 Å². The predicted molar refractivity (Wildman–Crippen MR) is 103 cm³/mol. The maximum atomic E-state index is 13.3. The van der Waals surface area contributed by atoms with Crippen molar-refractivity contribution in [1.82, 2.24) is 14.9 Å². The van der Waals surface area contributed by atoms with Crippen LogP contribution in [-0.2, 0) is 10.9 Å². The Labute approximate surface area is 166 Å². The molecule has 7 nitrogen and oxygen atoms in total. The molecule has 1 aliphatic heterocycles. The molecule has 1 aliphatic rings. The molecular formula is C19H22F3N5O2. The van der Waals surface area contributed by atoms with Crippen molar-refractivity contribution >= 4 is 12.0 Å². The van der Waals surface area contributed by atoms with Crippen LogP contribution in [0.2, 0.25) is 0 Å². The molecule has 1 aromatic heterocycles. The minimum absolute atomic E-state index is 0.112. The minimum atomic E-state index is -4.56. The lowest BCUT2D eigenvalue weighted by Gasteiger charge is -2.26. The van der Waals surface area contributed by atoms with Gasteiger partial charge in [-0.15, -0.1) is 0 Å². The number of halogens is 3. The Kier molecular flexibility index (Phi) is 6.65. The summed E-state index contributed by atoms with van der Waals surface area (Å²) < 4.78 is 50.1. The van der Waals surface area contributed by atoms with Crippen LogP contribution in [0.5, 0.6) is 5.75 Å². The number of hydrogen-bond acceptors (Lipinski definition) is 7. The molecule has 0 unspecified atom stereocenters. The number of rotatable bonds is 7. The Morgan fingerprint density at radius 2 is 2.00 bits per heavy atom. The lowest BCUT2D eigenvalue weighted by atomic mass is 10.1. The molecule has 156 valence electrons. The molecule has 2 N–H and O–H groups in total. The minimum Gasteiger partial charge on any atom is -0.496 e. The first-order chi connectivity index (χ1) is 13.9. The molecule has 0 aliphatic carbocycles. The van der Waals surface area contributed by atoms with Gasteiger partial charge in [0.25, 0.3) is 0 Å². The highest BCUT2D eigenvalue weighted by molar-refractivity contribution is 5.75. The van der Waals surface area contributed by atoms with E-state index in [-0.39, 0.29) is 17.1 Å². The highest BCUT2D eigenvalue weighted by Gasteiger charge is 2.34. The number of anilines is 1. The molecule has 0 amide bonds. The van der Waals surface area contributed by atoms with Gasteiger partial charge in [0.15, 0.2) is 5.82 Å². The van der Waals surface area contributed by atoms with Crippen LogP contribution in [0.1, 0.15) is 11.4 Å². The van der Waals surface area contributed by atoms with Crippen LogP contribution in [-0.4, -0.2) is 67.6 Å². The lowest BCUT2D eigenvalue weighted by molar-refractivity contribution is -0.138. The van der Waals surface area contributed by atoms with Crippen LogP contribution in [0.4, 0.5) is 19.0 Å². The van der Waals surface area contributed by atoms with E-state index in [1.54, 1.807) is 6.07 Å². The van der Waals surface area contributed by atoms with Crippen molar-refractivity contribution < 1.29 is 22.6 Å². The Balaban J connectivity index is 1.82. The maximum absolute atomic E-state index is 13.3. The van der Waals surface area contributed by atoms with E-state index in [0.717, 1.165) is 31.9 Å². The molecule has 2 aromatic rings. The number of benzene rings is 1. The van der Waals surface area contributed by atoms with E-state index in [1.807, 2.05) is 0 Å². The van der Waals surface area contributed by atoms with E-state index in [4.69, 9.17) is 14.9 Å². The lowest BCUT2D eigenvalue weighted by Crippen LogP contribution is -2.39. The monoisotopic (exact) mass is 409 g/mol. The zero-order valence-electron chi connectivity index (χ0n) is 15.9. The Morgan fingerprint density at radius 1 is 1.24 bits per heavy atom. The molecule has 29 heavy (non-hydrogen) atoms. The SMILES string of the molecule is COc1ccc(-c2cc(NCCN3CCOCC3)nc(C=N)n2)cc1C(F)(F)F. The summed E-state index contributed by atoms with van der Waals surface area (Å²) in [7, 11) is 1.19. The van der Waals surface area contributed by atoms with Gasteiger partial charge in [-0.3, -0.25) is 4.90 Å². The topological polar surface area (TPSA) is 83.4 Å². The molecular weight excluding hydrogens is 387 g/mol. The molecule has 0 atom stereocenters. The summed E-state index contributed by atoms with van der Waals surface area (Å²) in [5.41, 5.74) is -0.324. The third-order valence-corrected chi connectivity index (χ3v) is 4.51. The number of ether oxygens (including phenoxy) is 2. The average molecular weight is 409 g/mol. The van der Waals surface area contributed by atoms with Gasteiger partial charge in [0.2, 0.25) is 0 Å². The highest BCUT2D eigenvalue weighted by Crippen LogP contribution is 2.38. The first-order valence-corrected chi connectivity index (χ1v) is 9.10. The number of alkyl halides is 3. The van der Waals surface area contributed by atoms with Gasteiger partial charge in [-0.05, 0) is 18.2 Å². The number of aromatic nitrogens is 2. The molecule has 10 heteroatoms. The van der Waals surface area contributed by atoms with Crippen molar-refractivity contribution in [3.63, 3.8) is 0 Å². The maximum Gasteiger partial charge on any atom is 0.419 e. The summed E-state index contributed by atoms with van der Waals surface area (Å²) in [6, 6.07) is 5.33. The zero-order valence-corrected chi connectivity index (χ0v) is 15.9. The first kappa shape index (κ1) is 21.0. The summed E-state index contributed by atoms with van der Waals surface area (Å²) in [5, 5.41) is 10.6. The smallest absolute Gasteiger partial charge is 0.419 e. The van der Waals surface area contributed by atoms with Crippen molar-refractivity contribution in [2.75, 3.05) is 51.8 Å². The van der Waals surface area contributed by atoms with Gasteiger partial charge in [0.1, 0.15) is 11.6 Å². The van der Waals surface area contributed by atoms with Gasteiger partial charge >= 0.3 is 6.18 Å². The predicted octanol–water partition coefficient (Wildman–Crippen LogP) is 2.91. The Bertz CT molecular complexity index is 854. The molecule has 1 saturated heterocycles. The summed E-state index contributed by atoms with van der Waals surface area (Å²) in [6.45, 7) is 4.50. The van der Waals surface area contributed by atoms with E-state index >= 15 is 0 Å². The normalized spacial score (nSPS) is 15.2. The van der Waals surface area contributed by atoms with Crippen molar-refractivity contribution in [1.29, 1.82) is 5.41 Å². The second-order valence-electron chi connectivity index (χ2n) is 6.43. The molecule has 0 radical (unpaired) electrons. The van der Waals surface area contributed by atoms with Crippen LogP contribution >= 0.6 is 0 Å². The number of nitrogens with zero attached hydrogens (tertiary/aromatic N) is 3. The van der Waals surface area contributed by atoms with E-state index in [9.17, 15) is 13.2 Å². The fourth-order valence-corrected chi connectivity index (χ4v) is 3.02.